The van der Waals surface area contributed by atoms with Gasteiger partial charge in [-0.3, -0.25) is 4.79 Å². The lowest BCUT2D eigenvalue weighted by atomic mass is 9.48. The van der Waals surface area contributed by atoms with E-state index in [1.54, 1.807) is 5.57 Å². The normalized spacial score (nSPS) is 40.5. The Balaban J connectivity index is 1.42. The van der Waals surface area contributed by atoms with E-state index in [9.17, 15) is 4.79 Å². The van der Waals surface area contributed by atoms with E-state index in [-0.39, 0.29) is 11.3 Å². The van der Waals surface area contributed by atoms with Crippen molar-refractivity contribution in [3.63, 3.8) is 0 Å². The summed E-state index contributed by atoms with van der Waals surface area (Å²) in [6.45, 7) is 5.00. The van der Waals surface area contributed by atoms with E-state index in [2.05, 4.69) is 69.3 Å². The molecule has 1 aliphatic heterocycles. The van der Waals surface area contributed by atoms with Crippen molar-refractivity contribution in [1.29, 1.82) is 0 Å². The fourth-order valence-corrected chi connectivity index (χ4v) is 7.89. The van der Waals surface area contributed by atoms with Crippen LogP contribution in [0, 0.1) is 28.6 Å². The number of nitrogens with zero attached hydrogens (tertiary/aromatic N) is 2. The Hall–Kier alpha value is -2.03. The molecule has 3 fully saturated rings. The van der Waals surface area contributed by atoms with Crippen molar-refractivity contribution in [3.05, 3.63) is 47.6 Å². The zero-order valence-corrected chi connectivity index (χ0v) is 19.9. The van der Waals surface area contributed by atoms with Gasteiger partial charge in [-0.1, -0.05) is 43.7 Å². The highest BCUT2D eigenvalue weighted by Crippen LogP contribution is 2.65. The standard InChI is InChI=1S/C28H38N2O/c1-27-16-14-24-22(11-13-25-28(24,2)17-15-26(31)30(25)5)23(27)12-8-20(27)18-19-6-9-21(10-7-19)29(3)4/h6-7,9-10,15,17-18,22-25H,8,11-14,16H2,1-5H3/t22-,23-,24+,25?,27+,28+/m0/s1. The van der Waals surface area contributed by atoms with Gasteiger partial charge in [-0.15, -0.1) is 0 Å². The summed E-state index contributed by atoms with van der Waals surface area (Å²) in [6.07, 6.45) is 14.2. The largest absolute Gasteiger partial charge is 0.378 e. The van der Waals surface area contributed by atoms with Crippen molar-refractivity contribution >= 4 is 17.7 Å². The SMILES string of the molecule is CN(C)c1ccc(C=C2CC[C@H]3[C@@H]4CCC5N(C)C(=O)C=C[C@]5(C)[C@@H]4CC[C@]23C)cc1. The van der Waals surface area contributed by atoms with E-state index >= 15 is 0 Å². The molecule has 4 aliphatic rings. The van der Waals surface area contributed by atoms with E-state index in [4.69, 9.17) is 0 Å². The smallest absolute Gasteiger partial charge is 0.246 e. The lowest BCUT2D eigenvalue weighted by Crippen LogP contribution is -2.59. The maximum Gasteiger partial charge on any atom is 0.246 e. The van der Waals surface area contributed by atoms with Crippen LogP contribution >= 0.6 is 0 Å². The van der Waals surface area contributed by atoms with Gasteiger partial charge in [-0.2, -0.15) is 0 Å². The van der Waals surface area contributed by atoms with Gasteiger partial charge in [-0.05, 0) is 85.5 Å². The van der Waals surface area contributed by atoms with Crippen LogP contribution in [-0.4, -0.2) is 38.0 Å². The number of benzene rings is 1. The Kier molecular flexibility index (Phi) is 4.88. The lowest BCUT2D eigenvalue weighted by Gasteiger charge is -2.59. The molecule has 1 aromatic carbocycles. The molecule has 0 radical (unpaired) electrons. The summed E-state index contributed by atoms with van der Waals surface area (Å²) in [7, 11) is 6.21. The minimum atomic E-state index is 0.140. The van der Waals surface area contributed by atoms with Crippen LogP contribution < -0.4 is 4.90 Å². The average Bonchev–Trinajstić information content (AvgIpc) is 3.08. The van der Waals surface area contributed by atoms with Crippen LogP contribution in [0.15, 0.2) is 42.0 Å². The first kappa shape index (κ1) is 20.8. The Morgan fingerprint density at radius 3 is 2.48 bits per heavy atom. The second-order valence-corrected chi connectivity index (χ2v) is 11.3. The first-order valence-electron chi connectivity index (χ1n) is 12.2. The van der Waals surface area contributed by atoms with E-state index in [1.165, 1.54) is 43.4 Å². The number of anilines is 1. The monoisotopic (exact) mass is 418 g/mol. The summed E-state index contributed by atoms with van der Waals surface area (Å²) < 4.78 is 0. The second-order valence-electron chi connectivity index (χ2n) is 11.3. The number of rotatable bonds is 2. The van der Waals surface area contributed by atoms with Gasteiger partial charge in [0.05, 0.1) is 0 Å². The Morgan fingerprint density at radius 2 is 1.77 bits per heavy atom. The Labute approximate surface area is 188 Å². The number of likely N-dealkylation sites (N-methyl/N-ethyl adjacent to an activating group) is 1. The summed E-state index contributed by atoms with van der Waals surface area (Å²) in [6, 6.07) is 9.38. The molecule has 3 aliphatic carbocycles. The minimum absolute atomic E-state index is 0.140. The summed E-state index contributed by atoms with van der Waals surface area (Å²) in [5.74, 6) is 2.46. The topological polar surface area (TPSA) is 23.6 Å². The van der Waals surface area contributed by atoms with Gasteiger partial charge in [0, 0.05) is 38.3 Å². The molecular weight excluding hydrogens is 380 g/mol. The number of carbonyl (C=O) groups excluding carboxylic acids is 1. The molecule has 3 heteroatoms. The molecule has 0 N–H and O–H groups in total. The van der Waals surface area contributed by atoms with E-state index in [1.807, 2.05) is 18.0 Å². The summed E-state index contributed by atoms with van der Waals surface area (Å²) in [4.78, 5) is 16.5. The molecule has 0 spiro atoms. The Morgan fingerprint density at radius 1 is 1.03 bits per heavy atom. The minimum Gasteiger partial charge on any atom is -0.378 e. The van der Waals surface area contributed by atoms with Gasteiger partial charge in [0.1, 0.15) is 0 Å². The van der Waals surface area contributed by atoms with E-state index < -0.39 is 0 Å². The van der Waals surface area contributed by atoms with Crippen LogP contribution in [0.2, 0.25) is 0 Å². The van der Waals surface area contributed by atoms with Gasteiger partial charge in [0.15, 0.2) is 0 Å². The van der Waals surface area contributed by atoms with E-state index in [0.29, 0.717) is 17.4 Å². The summed E-state index contributed by atoms with van der Waals surface area (Å²) in [5, 5.41) is 0. The Bertz CT molecular complexity index is 929. The zero-order chi connectivity index (χ0) is 22.0. The summed E-state index contributed by atoms with van der Waals surface area (Å²) in [5.41, 5.74) is 4.75. The van der Waals surface area contributed by atoms with Crippen LogP contribution in [0.25, 0.3) is 6.08 Å². The van der Waals surface area contributed by atoms with Crippen molar-refractivity contribution in [3.8, 4) is 0 Å². The predicted octanol–water partition coefficient (Wildman–Crippen LogP) is 5.78. The molecule has 0 bridgehead atoms. The number of fused-ring (bicyclic) bond motifs is 5. The first-order valence-corrected chi connectivity index (χ1v) is 12.2. The predicted molar refractivity (Wildman–Crippen MR) is 129 cm³/mol. The van der Waals surface area contributed by atoms with Crippen LogP contribution in [0.5, 0.6) is 0 Å². The lowest BCUT2D eigenvalue weighted by molar-refractivity contribution is -0.137. The molecule has 1 unspecified atom stereocenters. The van der Waals surface area contributed by atoms with Gasteiger partial charge in [0.25, 0.3) is 0 Å². The third-order valence-electron chi connectivity index (χ3n) is 9.73. The molecule has 31 heavy (non-hydrogen) atoms. The van der Waals surface area contributed by atoms with Crippen LogP contribution in [0.4, 0.5) is 5.69 Å². The van der Waals surface area contributed by atoms with Crippen molar-refractivity contribution < 1.29 is 4.79 Å². The number of hydrogen-bond donors (Lipinski definition) is 0. The summed E-state index contributed by atoms with van der Waals surface area (Å²) >= 11 is 0. The number of hydrogen-bond acceptors (Lipinski definition) is 2. The highest BCUT2D eigenvalue weighted by molar-refractivity contribution is 5.89. The van der Waals surface area contributed by atoms with Crippen LogP contribution in [0.3, 0.4) is 0 Å². The zero-order valence-electron chi connectivity index (χ0n) is 19.9. The van der Waals surface area contributed by atoms with Gasteiger partial charge in [0.2, 0.25) is 5.91 Å². The van der Waals surface area contributed by atoms with Crippen molar-refractivity contribution in [2.45, 2.75) is 58.4 Å². The molecule has 3 nitrogen and oxygen atoms in total. The first-order chi connectivity index (χ1) is 14.7. The van der Waals surface area contributed by atoms with Crippen molar-refractivity contribution in [1.82, 2.24) is 4.90 Å². The molecule has 0 saturated heterocycles. The highest BCUT2D eigenvalue weighted by Gasteiger charge is 2.59. The fraction of sp³-hybridized carbons (Fsp3) is 0.607. The molecule has 3 saturated carbocycles. The van der Waals surface area contributed by atoms with Crippen molar-refractivity contribution in [2.24, 2.45) is 28.6 Å². The number of allylic oxidation sites excluding steroid dienone is 1. The molecule has 6 atom stereocenters. The van der Waals surface area contributed by atoms with Gasteiger partial charge in [-0.25, -0.2) is 0 Å². The molecule has 1 heterocycles. The highest BCUT2D eigenvalue weighted by atomic mass is 16.2. The number of carbonyl (C=O) groups is 1. The molecule has 0 aromatic heterocycles. The third-order valence-corrected chi connectivity index (χ3v) is 9.73. The third kappa shape index (κ3) is 3.10. The maximum atomic E-state index is 12.3. The molecule has 166 valence electrons. The quantitative estimate of drug-likeness (QED) is 0.608. The second kappa shape index (κ2) is 7.25. The van der Waals surface area contributed by atoms with Crippen LogP contribution in [0.1, 0.15) is 57.9 Å². The average molecular weight is 419 g/mol. The van der Waals surface area contributed by atoms with Crippen molar-refractivity contribution in [2.75, 3.05) is 26.0 Å². The molecule has 5 rings (SSSR count). The van der Waals surface area contributed by atoms with E-state index in [0.717, 1.165) is 18.3 Å². The maximum absolute atomic E-state index is 12.3. The molecule has 1 amide bonds. The van der Waals surface area contributed by atoms with Gasteiger partial charge >= 0.3 is 0 Å². The molecule has 1 aromatic rings. The van der Waals surface area contributed by atoms with Gasteiger partial charge < -0.3 is 9.80 Å². The number of amides is 1. The van der Waals surface area contributed by atoms with Crippen LogP contribution in [-0.2, 0) is 4.79 Å². The fourth-order valence-electron chi connectivity index (χ4n) is 7.89. The molecular formula is C28H38N2O.